The number of hydrogen-bond donors (Lipinski definition) is 0. The Bertz CT molecular complexity index is 1370. The molecule has 0 aliphatic carbocycles. The van der Waals surface area contributed by atoms with E-state index in [4.69, 9.17) is 14.5 Å². The normalized spacial score (nSPS) is 12.7. The predicted molar refractivity (Wildman–Crippen MR) is 114 cm³/mol. The third-order valence-electron chi connectivity index (χ3n) is 5.44. The van der Waals surface area contributed by atoms with E-state index in [0.717, 1.165) is 40.5 Å². The van der Waals surface area contributed by atoms with E-state index >= 15 is 0 Å². The summed E-state index contributed by atoms with van der Waals surface area (Å²) in [5.74, 6) is 2.48. The fourth-order valence-corrected chi connectivity index (χ4v) is 4.01. The molecule has 0 fully saturated rings. The Labute approximate surface area is 167 Å². The third-order valence-corrected chi connectivity index (χ3v) is 5.44. The lowest BCUT2D eigenvalue weighted by atomic mass is 10.1. The van der Waals surface area contributed by atoms with Gasteiger partial charge in [0.25, 0.3) is 0 Å². The maximum Gasteiger partial charge on any atom is 0.231 e. The fraction of sp³-hybridized carbons (Fsp3) is 0.0800. The first-order chi connectivity index (χ1) is 14.3. The maximum atomic E-state index is 5.58. The Morgan fingerprint density at radius 1 is 0.759 bits per heavy atom. The Morgan fingerprint density at radius 2 is 1.59 bits per heavy atom. The van der Waals surface area contributed by atoms with Crippen LogP contribution in [-0.4, -0.2) is 16.3 Å². The molecule has 5 aromatic rings. The molecule has 1 aliphatic rings. The van der Waals surface area contributed by atoms with Crippen molar-refractivity contribution in [3.63, 3.8) is 0 Å². The highest BCUT2D eigenvalue weighted by Gasteiger charge is 2.18. The molecule has 0 atom stereocenters. The summed E-state index contributed by atoms with van der Waals surface area (Å²) in [6, 6.07) is 29.4. The van der Waals surface area contributed by atoms with Crippen LogP contribution in [0.3, 0.4) is 0 Å². The van der Waals surface area contributed by atoms with E-state index in [9.17, 15) is 0 Å². The topological polar surface area (TPSA) is 36.3 Å². The maximum absolute atomic E-state index is 5.58. The average molecular weight is 378 g/mol. The molecule has 0 spiro atoms. The van der Waals surface area contributed by atoms with E-state index in [1.54, 1.807) is 0 Å². The zero-order valence-corrected chi connectivity index (χ0v) is 15.7. The summed E-state index contributed by atoms with van der Waals surface area (Å²) in [5, 5.41) is 2.50. The SMILES string of the molecule is c1ccc2cc(Cn3c(-c4ccc5c(c4)OCO5)nc4ccccc43)ccc2c1. The van der Waals surface area contributed by atoms with Crippen molar-refractivity contribution in [1.29, 1.82) is 0 Å². The van der Waals surface area contributed by atoms with E-state index in [1.165, 1.54) is 16.3 Å². The van der Waals surface area contributed by atoms with Gasteiger partial charge in [-0.05, 0) is 52.7 Å². The van der Waals surface area contributed by atoms with E-state index in [-0.39, 0.29) is 6.79 Å². The van der Waals surface area contributed by atoms with Gasteiger partial charge in [0.05, 0.1) is 11.0 Å². The molecule has 1 aliphatic heterocycles. The van der Waals surface area contributed by atoms with Crippen LogP contribution in [0.25, 0.3) is 33.2 Å². The van der Waals surface area contributed by atoms with Crippen LogP contribution < -0.4 is 9.47 Å². The van der Waals surface area contributed by atoms with Gasteiger partial charge in [-0.2, -0.15) is 0 Å². The van der Waals surface area contributed by atoms with Crippen LogP contribution >= 0.6 is 0 Å². The van der Waals surface area contributed by atoms with Crippen LogP contribution in [0.15, 0.2) is 84.9 Å². The van der Waals surface area contributed by atoms with Crippen molar-refractivity contribution in [2.24, 2.45) is 0 Å². The van der Waals surface area contributed by atoms with E-state index in [1.807, 2.05) is 24.3 Å². The minimum absolute atomic E-state index is 0.270. The van der Waals surface area contributed by atoms with E-state index in [2.05, 4.69) is 65.2 Å². The zero-order valence-electron chi connectivity index (χ0n) is 15.7. The Hall–Kier alpha value is -3.79. The molecule has 0 saturated carbocycles. The fourth-order valence-electron chi connectivity index (χ4n) is 4.01. The monoisotopic (exact) mass is 378 g/mol. The van der Waals surface area contributed by atoms with Crippen molar-refractivity contribution in [2.45, 2.75) is 6.54 Å². The molecule has 4 aromatic carbocycles. The van der Waals surface area contributed by atoms with Crippen LogP contribution in [0, 0.1) is 0 Å². The van der Waals surface area contributed by atoms with E-state index < -0.39 is 0 Å². The number of nitrogens with zero attached hydrogens (tertiary/aromatic N) is 2. The van der Waals surface area contributed by atoms with Crippen molar-refractivity contribution in [2.75, 3.05) is 6.79 Å². The smallest absolute Gasteiger partial charge is 0.231 e. The number of ether oxygens (including phenoxy) is 2. The molecule has 0 radical (unpaired) electrons. The third kappa shape index (κ3) is 2.72. The van der Waals surface area contributed by atoms with Gasteiger partial charge < -0.3 is 14.0 Å². The molecule has 29 heavy (non-hydrogen) atoms. The lowest BCUT2D eigenvalue weighted by Crippen LogP contribution is -2.02. The molecular formula is C25H18N2O2. The van der Waals surface area contributed by atoms with Crippen molar-refractivity contribution in [1.82, 2.24) is 9.55 Å². The average Bonchev–Trinajstić information content (AvgIpc) is 3.38. The molecule has 0 N–H and O–H groups in total. The van der Waals surface area contributed by atoms with Gasteiger partial charge in [0.15, 0.2) is 11.5 Å². The van der Waals surface area contributed by atoms with Crippen LogP contribution in [0.1, 0.15) is 5.56 Å². The van der Waals surface area contributed by atoms with Gasteiger partial charge in [-0.15, -0.1) is 0 Å². The van der Waals surface area contributed by atoms with Gasteiger partial charge in [-0.25, -0.2) is 4.98 Å². The molecule has 4 nitrogen and oxygen atoms in total. The van der Waals surface area contributed by atoms with Crippen molar-refractivity contribution >= 4 is 21.8 Å². The number of hydrogen-bond acceptors (Lipinski definition) is 3. The summed E-state index contributed by atoms with van der Waals surface area (Å²) < 4.78 is 13.3. The first-order valence-electron chi connectivity index (χ1n) is 9.68. The quantitative estimate of drug-likeness (QED) is 0.408. The van der Waals surface area contributed by atoms with Gasteiger partial charge in [-0.1, -0.05) is 48.5 Å². The minimum Gasteiger partial charge on any atom is -0.454 e. The zero-order chi connectivity index (χ0) is 19.2. The number of rotatable bonds is 3. The summed E-state index contributed by atoms with van der Waals surface area (Å²) in [6.07, 6.45) is 0. The molecule has 1 aromatic heterocycles. The molecule has 2 heterocycles. The number of para-hydroxylation sites is 2. The van der Waals surface area contributed by atoms with Gasteiger partial charge in [0.1, 0.15) is 5.82 Å². The number of aromatic nitrogens is 2. The Balaban J connectivity index is 1.50. The number of benzene rings is 4. The molecule has 140 valence electrons. The summed E-state index contributed by atoms with van der Waals surface area (Å²) >= 11 is 0. The summed E-state index contributed by atoms with van der Waals surface area (Å²) in [5.41, 5.74) is 4.37. The van der Waals surface area contributed by atoms with Gasteiger partial charge in [0, 0.05) is 12.1 Å². The molecule has 0 unspecified atom stereocenters. The predicted octanol–water partition coefficient (Wildman–Crippen LogP) is 5.63. The highest BCUT2D eigenvalue weighted by molar-refractivity contribution is 5.84. The minimum atomic E-state index is 0.270. The van der Waals surface area contributed by atoms with Gasteiger partial charge in [0.2, 0.25) is 6.79 Å². The van der Waals surface area contributed by atoms with Crippen molar-refractivity contribution in [3.05, 3.63) is 90.5 Å². The molecule has 4 heteroatoms. The molecule has 0 amide bonds. The summed E-state index contributed by atoms with van der Waals surface area (Å²) in [7, 11) is 0. The Kier molecular flexibility index (Phi) is 3.56. The van der Waals surface area contributed by atoms with Crippen LogP contribution in [-0.2, 0) is 6.54 Å². The lowest BCUT2D eigenvalue weighted by Gasteiger charge is -2.11. The molecular weight excluding hydrogens is 360 g/mol. The van der Waals surface area contributed by atoms with Crippen LogP contribution in [0.2, 0.25) is 0 Å². The molecule has 0 bridgehead atoms. The van der Waals surface area contributed by atoms with Crippen LogP contribution in [0.4, 0.5) is 0 Å². The molecule has 0 saturated heterocycles. The first kappa shape index (κ1) is 16.2. The second-order valence-electron chi connectivity index (χ2n) is 7.26. The standard InChI is InChI=1S/C25H18N2O2/c1-2-6-19-13-17(9-10-18(19)5-1)15-27-22-8-4-3-7-21(22)26-25(27)20-11-12-23-24(14-20)29-16-28-23/h1-14H,15-16H2. The highest BCUT2D eigenvalue weighted by atomic mass is 16.7. The molecule has 6 rings (SSSR count). The van der Waals surface area contributed by atoms with Crippen molar-refractivity contribution < 1.29 is 9.47 Å². The lowest BCUT2D eigenvalue weighted by molar-refractivity contribution is 0.174. The Morgan fingerprint density at radius 3 is 2.55 bits per heavy atom. The summed E-state index contributed by atoms with van der Waals surface area (Å²) in [6.45, 7) is 1.02. The number of imidazole rings is 1. The largest absolute Gasteiger partial charge is 0.454 e. The van der Waals surface area contributed by atoms with Gasteiger partial charge in [-0.3, -0.25) is 0 Å². The number of fused-ring (bicyclic) bond motifs is 3. The first-order valence-corrected chi connectivity index (χ1v) is 9.68. The van der Waals surface area contributed by atoms with E-state index in [0.29, 0.717) is 0 Å². The summed E-state index contributed by atoms with van der Waals surface area (Å²) in [4.78, 5) is 4.93. The second kappa shape index (κ2) is 6.38. The van der Waals surface area contributed by atoms with Gasteiger partial charge >= 0.3 is 0 Å². The highest BCUT2D eigenvalue weighted by Crippen LogP contribution is 2.36. The van der Waals surface area contributed by atoms with Crippen molar-refractivity contribution in [3.8, 4) is 22.9 Å². The van der Waals surface area contributed by atoms with Crippen LogP contribution in [0.5, 0.6) is 11.5 Å². The second-order valence-corrected chi connectivity index (χ2v) is 7.26.